The molecule has 0 spiro atoms. The maximum absolute atomic E-state index is 13.3. The number of aryl methyl sites for hydroxylation is 2. The number of thiophene rings is 1. The number of anilines is 1. The van der Waals surface area contributed by atoms with E-state index < -0.39 is 29.2 Å². The molecule has 0 atom stereocenters. The predicted molar refractivity (Wildman–Crippen MR) is 116 cm³/mol. The maximum Gasteiger partial charge on any atom is 0.418 e. The number of halogens is 3. The second-order valence-corrected chi connectivity index (χ2v) is 7.80. The van der Waals surface area contributed by atoms with Gasteiger partial charge < -0.3 is 10.6 Å². The van der Waals surface area contributed by atoms with Crippen molar-refractivity contribution in [1.29, 1.82) is 0 Å². The van der Waals surface area contributed by atoms with E-state index in [1.165, 1.54) is 29.5 Å². The molecule has 0 saturated carbocycles. The zero-order chi connectivity index (χ0) is 22.6. The molecule has 4 nitrogen and oxygen atoms in total. The number of benzene rings is 2. The van der Waals surface area contributed by atoms with Crippen LogP contribution in [0.5, 0.6) is 0 Å². The van der Waals surface area contributed by atoms with E-state index in [4.69, 9.17) is 0 Å². The monoisotopic (exact) mass is 444 g/mol. The number of alkyl halides is 3. The summed E-state index contributed by atoms with van der Waals surface area (Å²) in [7, 11) is 0. The van der Waals surface area contributed by atoms with Gasteiger partial charge in [-0.1, -0.05) is 24.3 Å². The topological polar surface area (TPSA) is 58.2 Å². The number of amides is 2. The third kappa shape index (κ3) is 5.61. The predicted octanol–water partition coefficient (Wildman–Crippen LogP) is 5.79. The molecule has 0 aliphatic heterocycles. The van der Waals surface area contributed by atoms with Crippen LogP contribution < -0.4 is 10.6 Å². The summed E-state index contributed by atoms with van der Waals surface area (Å²) < 4.78 is 39.8. The Morgan fingerprint density at radius 1 is 0.968 bits per heavy atom. The summed E-state index contributed by atoms with van der Waals surface area (Å²) in [6.07, 6.45) is -3.21. The van der Waals surface area contributed by atoms with Gasteiger partial charge in [-0.3, -0.25) is 9.59 Å². The second-order valence-electron chi connectivity index (χ2n) is 6.82. The summed E-state index contributed by atoms with van der Waals surface area (Å²) in [4.78, 5) is 26.2. The van der Waals surface area contributed by atoms with Crippen LogP contribution in [-0.4, -0.2) is 11.8 Å². The van der Waals surface area contributed by atoms with E-state index in [2.05, 4.69) is 10.6 Å². The van der Waals surface area contributed by atoms with Gasteiger partial charge in [0, 0.05) is 10.4 Å². The zero-order valence-electron chi connectivity index (χ0n) is 16.7. The van der Waals surface area contributed by atoms with Gasteiger partial charge in [0.2, 0.25) is 0 Å². The van der Waals surface area contributed by atoms with Crippen LogP contribution >= 0.6 is 11.3 Å². The van der Waals surface area contributed by atoms with E-state index in [-0.39, 0.29) is 5.70 Å². The number of hydrogen-bond donors (Lipinski definition) is 2. The van der Waals surface area contributed by atoms with Crippen LogP contribution in [0.4, 0.5) is 18.9 Å². The highest BCUT2D eigenvalue weighted by atomic mass is 32.1. The lowest BCUT2D eigenvalue weighted by molar-refractivity contribution is -0.137. The Balaban J connectivity index is 1.90. The summed E-state index contributed by atoms with van der Waals surface area (Å²) in [5.74, 6) is -1.40. The van der Waals surface area contributed by atoms with Crippen molar-refractivity contribution >= 4 is 34.9 Å². The lowest BCUT2D eigenvalue weighted by atomic mass is 10.1. The lowest BCUT2D eigenvalue weighted by Crippen LogP contribution is -2.31. The summed E-state index contributed by atoms with van der Waals surface area (Å²) in [6, 6.07) is 13.2. The molecular weight excluding hydrogens is 425 g/mol. The maximum atomic E-state index is 13.3. The molecule has 1 heterocycles. The second kappa shape index (κ2) is 9.18. The molecule has 1 aromatic heterocycles. The first-order valence-electron chi connectivity index (χ1n) is 9.26. The van der Waals surface area contributed by atoms with Gasteiger partial charge >= 0.3 is 6.18 Å². The average molecular weight is 444 g/mol. The van der Waals surface area contributed by atoms with Gasteiger partial charge in [-0.15, -0.1) is 11.3 Å². The summed E-state index contributed by atoms with van der Waals surface area (Å²) in [6.45, 7) is 3.76. The number of nitrogens with one attached hydrogen (secondary N) is 2. The largest absolute Gasteiger partial charge is 0.418 e. The zero-order valence-corrected chi connectivity index (χ0v) is 17.5. The molecular formula is C23H19F3N2O2S. The third-order valence-corrected chi connectivity index (χ3v) is 5.39. The molecule has 0 fully saturated rings. The van der Waals surface area contributed by atoms with Crippen molar-refractivity contribution in [3.63, 3.8) is 0 Å². The first kappa shape index (κ1) is 22.3. The van der Waals surface area contributed by atoms with Gasteiger partial charge in [0.1, 0.15) is 5.70 Å². The minimum atomic E-state index is -4.63. The van der Waals surface area contributed by atoms with Gasteiger partial charge in [0.15, 0.2) is 0 Å². The molecule has 2 aromatic carbocycles. The van der Waals surface area contributed by atoms with Gasteiger partial charge in [0.25, 0.3) is 11.8 Å². The Bertz CT molecular complexity index is 1140. The van der Waals surface area contributed by atoms with Crippen molar-refractivity contribution in [1.82, 2.24) is 5.32 Å². The quantitative estimate of drug-likeness (QED) is 0.489. The Morgan fingerprint density at radius 3 is 2.35 bits per heavy atom. The number of carbonyl (C=O) groups is 2. The van der Waals surface area contributed by atoms with Crippen molar-refractivity contribution in [2.75, 3.05) is 5.32 Å². The fourth-order valence-corrected chi connectivity index (χ4v) is 3.44. The molecule has 0 aliphatic carbocycles. The van der Waals surface area contributed by atoms with E-state index >= 15 is 0 Å². The van der Waals surface area contributed by atoms with Crippen molar-refractivity contribution in [3.05, 3.63) is 92.8 Å². The van der Waals surface area contributed by atoms with E-state index in [1.54, 1.807) is 35.7 Å². The highest BCUT2D eigenvalue weighted by molar-refractivity contribution is 7.10. The highest BCUT2D eigenvalue weighted by Gasteiger charge is 2.33. The number of rotatable bonds is 5. The van der Waals surface area contributed by atoms with Gasteiger partial charge in [0.05, 0.1) is 11.3 Å². The van der Waals surface area contributed by atoms with Crippen LogP contribution in [0.15, 0.2) is 65.7 Å². The smallest absolute Gasteiger partial charge is 0.320 e. The van der Waals surface area contributed by atoms with Gasteiger partial charge in [-0.05, 0) is 66.8 Å². The minimum absolute atomic E-state index is 0.164. The van der Waals surface area contributed by atoms with E-state index in [0.29, 0.717) is 10.4 Å². The Morgan fingerprint density at radius 2 is 1.71 bits per heavy atom. The highest BCUT2D eigenvalue weighted by Crippen LogP contribution is 2.34. The first-order valence-corrected chi connectivity index (χ1v) is 10.1. The van der Waals surface area contributed by atoms with Crippen LogP contribution in [0.25, 0.3) is 6.08 Å². The van der Waals surface area contributed by atoms with Crippen molar-refractivity contribution in [2.24, 2.45) is 0 Å². The SMILES string of the molecule is Cc1ccc(C(=O)N/C(=C\c2cccs2)C(=O)Nc2ccccc2C(F)(F)F)cc1C. The Hall–Kier alpha value is -3.39. The van der Waals surface area contributed by atoms with E-state index in [1.807, 2.05) is 13.8 Å². The molecule has 0 saturated heterocycles. The number of carbonyl (C=O) groups excluding carboxylic acids is 2. The normalized spacial score (nSPS) is 11.8. The molecule has 0 aliphatic rings. The van der Waals surface area contributed by atoms with Crippen LogP contribution in [0.1, 0.15) is 31.9 Å². The minimum Gasteiger partial charge on any atom is -0.320 e. The van der Waals surface area contributed by atoms with Crippen molar-refractivity contribution < 1.29 is 22.8 Å². The third-order valence-electron chi connectivity index (χ3n) is 4.57. The summed E-state index contributed by atoms with van der Waals surface area (Å²) in [5, 5.41) is 6.58. The molecule has 2 N–H and O–H groups in total. The number of hydrogen-bond acceptors (Lipinski definition) is 3. The summed E-state index contributed by atoms with van der Waals surface area (Å²) >= 11 is 1.32. The molecule has 0 bridgehead atoms. The van der Waals surface area contributed by atoms with Crippen molar-refractivity contribution in [2.45, 2.75) is 20.0 Å². The van der Waals surface area contributed by atoms with Gasteiger partial charge in [-0.2, -0.15) is 13.2 Å². The fourth-order valence-electron chi connectivity index (χ4n) is 2.78. The molecule has 3 rings (SSSR count). The first-order chi connectivity index (χ1) is 14.6. The van der Waals surface area contributed by atoms with Crippen LogP contribution in [0.2, 0.25) is 0 Å². The van der Waals surface area contributed by atoms with E-state index in [0.717, 1.165) is 23.3 Å². The molecule has 160 valence electrons. The fraction of sp³-hybridized carbons (Fsp3) is 0.130. The summed E-state index contributed by atoms with van der Waals surface area (Å²) in [5.41, 5.74) is 0.718. The van der Waals surface area contributed by atoms with Crippen LogP contribution in [0.3, 0.4) is 0 Å². The standard InChI is InChI=1S/C23H19F3N2O2S/c1-14-9-10-16(12-15(14)2)21(29)28-20(13-17-6-5-11-31-17)22(30)27-19-8-4-3-7-18(19)23(24,25)26/h3-13H,1-2H3,(H,27,30)(H,28,29)/b20-13-. The van der Waals surface area contributed by atoms with Gasteiger partial charge in [-0.25, -0.2) is 0 Å². The molecule has 8 heteroatoms. The molecule has 0 unspecified atom stereocenters. The Kier molecular flexibility index (Phi) is 6.60. The molecule has 3 aromatic rings. The van der Waals surface area contributed by atoms with Crippen molar-refractivity contribution in [3.8, 4) is 0 Å². The van der Waals surface area contributed by atoms with Crippen LogP contribution in [0, 0.1) is 13.8 Å². The average Bonchev–Trinajstić information content (AvgIpc) is 3.22. The van der Waals surface area contributed by atoms with E-state index in [9.17, 15) is 22.8 Å². The molecule has 2 amide bonds. The van der Waals surface area contributed by atoms with Crippen LogP contribution in [-0.2, 0) is 11.0 Å². The Labute approximate surface area is 181 Å². The lowest BCUT2D eigenvalue weighted by Gasteiger charge is -2.15. The molecule has 31 heavy (non-hydrogen) atoms. The molecule has 0 radical (unpaired) electrons. The number of para-hydroxylation sites is 1.